The molecule has 0 saturated carbocycles. The van der Waals surface area contributed by atoms with Gasteiger partial charge in [-0.1, -0.05) is 29.8 Å². The lowest BCUT2D eigenvalue weighted by Gasteiger charge is -2.07. The number of aromatic nitrogens is 1. The molecule has 3 nitrogen and oxygen atoms in total. The Morgan fingerprint density at radius 1 is 1.25 bits per heavy atom. The van der Waals surface area contributed by atoms with Crippen molar-refractivity contribution in [2.45, 2.75) is 0 Å². The van der Waals surface area contributed by atoms with E-state index in [9.17, 15) is 0 Å². The number of nitrogen functional groups attached to an aromatic ring is 1. The van der Waals surface area contributed by atoms with Crippen molar-refractivity contribution in [3.05, 3.63) is 41.4 Å². The van der Waals surface area contributed by atoms with Crippen LogP contribution >= 0.6 is 11.6 Å². The zero-order chi connectivity index (χ0) is 11.5. The van der Waals surface area contributed by atoms with Crippen LogP contribution < -0.4 is 10.5 Å². The van der Waals surface area contributed by atoms with Crippen molar-refractivity contribution >= 4 is 17.3 Å². The summed E-state index contributed by atoms with van der Waals surface area (Å²) in [6.45, 7) is 0. The number of halogens is 1. The average molecular weight is 235 g/mol. The van der Waals surface area contributed by atoms with E-state index in [1.165, 1.54) is 0 Å². The Labute approximate surface area is 98.8 Å². The maximum Gasteiger partial charge on any atom is 0.215 e. The first-order chi connectivity index (χ1) is 7.70. The third-order valence-corrected chi connectivity index (χ3v) is 2.51. The number of methoxy groups -OCH3 is 1. The molecule has 0 amide bonds. The Kier molecular flexibility index (Phi) is 2.97. The number of pyridine rings is 1. The van der Waals surface area contributed by atoms with E-state index in [0.29, 0.717) is 22.3 Å². The van der Waals surface area contributed by atoms with Crippen LogP contribution in [0.25, 0.3) is 11.3 Å². The number of hydrogen-bond acceptors (Lipinski definition) is 3. The van der Waals surface area contributed by atoms with Gasteiger partial charge in [-0.25, -0.2) is 4.98 Å². The van der Waals surface area contributed by atoms with E-state index < -0.39 is 0 Å². The zero-order valence-corrected chi connectivity index (χ0v) is 9.53. The number of rotatable bonds is 2. The molecule has 16 heavy (non-hydrogen) atoms. The quantitative estimate of drug-likeness (QED) is 0.869. The molecular formula is C12H11ClN2O. The van der Waals surface area contributed by atoms with Crippen LogP contribution in [0, 0.1) is 0 Å². The largest absolute Gasteiger partial charge is 0.481 e. The van der Waals surface area contributed by atoms with Gasteiger partial charge in [0.15, 0.2) is 0 Å². The van der Waals surface area contributed by atoms with Gasteiger partial charge in [0.1, 0.15) is 0 Å². The third-order valence-electron chi connectivity index (χ3n) is 2.18. The van der Waals surface area contributed by atoms with E-state index >= 15 is 0 Å². The van der Waals surface area contributed by atoms with Gasteiger partial charge in [0.05, 0.1) is 12.8 Å². The average Bonchev–Trinajstić information content (AvgIpc) is 2.28. The minimum Gasteiger partial charge on any atom is -0.481 e. The molecule has 0 aliphatic carbocycles. The summed E-state index contributed by atoms with van der Waals surface area (Å²) in [6.07, 6.45) is 0. The van der Waals surface area contributed by atoms with Crippen LogP contribution in [0.4, 0.5) is 5.69 Å². The number of nitrogens with two attached hydrogens (primary N) is 1. The molecule has 2 aromatic rings. The Balaban J connectivity index is 2.56. The van der Waals surface area contributed by atoms with Gasteiger partial charge < -0.3 is 10.5 Å². The summed E-state index contributed by atoms with van der Waals surface area (Å²) in [5.74, 6) is 0.481. The van der Waals surface area contributed by atoms with Crippen molar-refractivity contribution in [3.63, 3.8) is 0 Å². The molecule has 2 rings (SSSR count). The molecule has 0 aliphatic rings. The summed E-state index contributed by atoms with van der Waals surface area (Å²) >= 11 is 6.09. The fourth-order valence-electron chi connectivity index (χ4n) is 1.44. The molecule has 0 radical (unpaired) electrons. The monoisotopic (exact) mass is 234 g/mol. The fraction of sp³-hybridized carbons (Fsp3) is 0.0833. The van der Waals surface area contributed by atoms with Crippen LogP contribution in [0.1, 0.15) is 0 Å². The van der Waals surface area contributed by atoms with Gasteiger partial charge in [-0.3, -0.25) is 0 Å². The van der Waals surface area contributed by atoms with Crippen LogP contribution in [0.3, 0.4) is 0 Å². The molecule has 0 unspecified atom stereocenters. The summed E-state index contributed by atoms with van der Waals surface area (Å²) in [7, 11) is 1.55. The SMILES string of the molecule is COc1cc(N)cc(-c2ccccc2Cl)n1. The van der Waals surface area contributed by atoms with E-state index in [1.54, 1.807) is 19.2 Å². The van der Waals surface area contributed by atoms with Gasteiger partial charge in [0.2, 0.25) is 5.88 Å². The summed E-state index contributed by atoms with van der Waals surface area (Å²) < 4.78 is 5.06. The number of ether oxygens (including phenoxy) is 1. The van der Waals surface area contributed by atoms with Crippen molar-refractivity contribution in [3.8, 4) is 17.1 Å². The van der Waals surface area contributed by atoms with E-state index in [2.05, 4.69) is 4.98 Å². The number of anilines is 1. The predicted molar refractivity (Wildman–Crippen MR) is 65.6 cm³/mol. The Morgan fingerprint density at radius 2 is 2.00 bits per heavy atom. The highest BCUT2D eigenvalue weighted by molar-refractivity contribution is 6.33. The fourth-order valence-corrected chi connectivity index (χ4v) is 1.67. The highest BCUT2D eigenvalue weighted by Crippen LogP contribution is 2.28. The third kappa shape index (κ3) is 2.09. The van der Waals surface area contributed by atoms with Crippen molar-refractivity contribution in [2.75, 3.05) is 12.8 Å². The maximum atomic E-state index is 6.09. The maximum absolute atomic E-state index is 6.09. The number of nitrogens with zero attached hydrogens (tertiary/aromatic N) is 1. The summed E-state index contributed by atoms with van der Waals surface area (Å²) in [5.41, 5.74) is 7.91. The van der Waals surface area contributed by atoms with Gasteiger partial charge in [-0.05, 0) is 12.1 Å². The standard InChI is InChI=1S/C12H11ClN2O/c1-16-12-7-8(14)6-11(15-12)9-4-2-3-5-10(9)13/h2-7H,1H3,(H2,14,15). The van der Waals surface area contributed by atoms with Gasteiger partial charge in [0, 0.05) is 22.3 Å². The molecule has 2 N–H and O–H groups in total. The van der Waals surface area contributed by atoms with Gasteiger partial charge in [0.25, 0.3) is 0 Å². The first-order valence-electron chi connectivity index (χ1n) is 4.77. The molecule has 0 aliphatic heterocycles. The molecule has 4 heteroatoms. The van der Waals surface area contributed by atoms with Crippen molar-refractivity contribution < 1.29 is 4.74 Å². The van der Waals surface area contributed by atoms with Crippen LogP contribution in [0.15, 0.2) is 36.4 Å². The second-order valence-electron chi connectivity index (χ2n) is 3.31. The summed E-state index contributed by atoms with van der Waals surface area (Å²) in [6, 6.07) is 10.9. The Morgan fingerprint density at radius 3 is 2.69 bits per heavy atom. The molecule has 0 atom stereocenters. The smallest absolute Gasteiger partial charge is 0.215 e. The summed E-state index contributed by atoms with van der Waals surface area (Å²) in [5, 5.41) is 0.641. The topological polar surface area (TPSA) is 48.1 Å². The lowest BCUT2D eigenvalue weighted by Crippen LogP contribution is -1.94. The first-order valence-corrected chi connectivity index (χ1v) is 5.15. The van der Waals surface area contributed by atoms with Crippen LogP contribution in [0.5, 0.6) is 5.88 Å². The number of benzene rings is 1. The molecule has 1 heterocycles. The molecule has 0 saturated heterocycles. The normalized spacial score (nSPS) is 10.1. The molecule has 0 spiro atoms. The van der Waals surface area contributed by atoms with Gasteiger partial charge >= 0.3 is 0 Å². The molecule has 82 valence electrons. The zero-order valence-electron chi connectivity index (χ0n) is 8.77. The minimum atomic E-state index is 0.481. The van der Waals surface area contributed by atoms with Gasteiger partial charge in [-0.15, -0.1) is 0 Å². The van der Waals surface area contributed by atoms with Gasteiger partial charge in [-0.2, -0.15) is 0 Å². The van der Waals surface area contributed by atoms with Crippen LogP contribution in [-0.2, 0) is 0 Å². The van der Waals surface area contributed by atoms with Crippen molar-refractivity contribution in [1.82, 2.24) is 4.98 Å². The molecule has 0 bridgehead atoms. The predicted octanol–water partition coefficient (Wildman–Crippen LogP) is 2.99. The Bertz CT molecular complexity index is 514. The lowest BCUT2D eigenvalue weighted by molar-refractivity contribution is 0.399. The second-order valence-corrected chi connectivity index (χ2v) is 3.72. The number of hydrogen-bond donors (Lipinski definition) is 1. The van der Waals surface area contributed by atoms with E-state index in [4.69, 9.17) is 22.1 Å². The minimum absolute atomic E-state index is 0.481. The highest BCUT2D eigenvalue weighted by atomic mass is 35.5. The van der Waals surface area contributed by atoms with E-state index in [-0.39, 0.29) is 0 Å². The molecule has 1 aromatic heterocycles. The first kappa shape index (κ1) is 10.8. The van der Waals surface area contributed by atoms with Crippen LogP contribution in [0.2, 0.25) is 5.02 Å². The molecule has 1 aromatic carbocycles. The Hall–Kier alpha value is -1.74. The van der Waals surface area contributed by atoms with Crippen LogP contribution in [-0.4, -0.2) is 12.1 Å². The van der Waals surface area contributed by atoms with Crippen molar-refractivity contribution in [2.24, 2.45) is 0 Å². The van der Waals surface area contributed by atoms with Crippen molar-refractivity contribution in [1.29, 1.82) is 0 Å². The summed E-state index contributed by atoms with van der Waals surface area (Å²) in [4.78, 5) is 4.30. The lowest BCUT2D eigenvalue weighted by atomic mass is 10.1. The highest BCUT2D eigenvalue weighted by Gasteiger charge is 2.06. The van der Waals surface area contributed by atoms with E-state index in [0.717, 1.165) is 5.56 Å². The molecule has 0 fully saturated rings. The molecular weight excluding hydrogens is 224 g/mol. The van der Waals surface area contributed by atoms with E-state index in [1.807, 2.05) is 24.3 Å². The second kappa shape index (κ2) is 4.41.